The second kappa shape index (κ2) is 5.36. The molecule has 0 saturated carbocycles. The van der Waals surface area contributed by atoms with E-state index in [1.165, 1.54) is 25.7 Å². The van der Waals surface area contributed by atoms with Gasteiger partial charge in [-0.25, -0.2) is 0 Å². The van der Waals surface area contributed by atoms with Crippen LogP contribution >= 0.6 is 25.3 Å². The predicted molar refractivity (Wildman–Crippen MR) is 54.8 cm³/mol. The van der Waals surface area contributed by atoms with Crippen LogP contribution < -0.4 is 0 Å². The zero-order valence-electron chi connectivity index (χ0n) is 6.64. The lowest BCUT2D eigenvalue weighted by molar-refractivity contribution is 0.632. The van der Waals surface area contributed by atoms with Crippen molar-refractivity contribution < 1.29 is 0 Å². The maximum Gasteiger partial charge on any atom is 0.0552 e. The first-order valence-corrected chi connectivity index (χ1v) is 4.76. The van der Waals surface area contributed by atoms with Gasteiger partial charge in [-0.3, -0.25) is 0 Å². The second-order valence-corrected chi connectivity index (χ2v) is 4.86. The van der Waals surface area contributed by atoms with Crippen LogP contribution in [-0.4, -0.2) is 4.08 Å². The fourth-order valence-electron chi connectivity index (χ4n) is 0.835. The average molecular weight is 177 g/mol. The topological polar surface area (TPSA) is 0 Å². The van der Waals surface area contributed by atoms with Crippen molar-refractivity contribution in [2.45, 2.75) is 43.1 Å². The Morgan fingerprint density at radius 3 is 2.20 bits per heavy atom. The SMILES string of the molecule is [CH2]C(S)(S)CCCCCC. The number of hydrogen-bond acceptors (Lipinski definition) is 2. The summed E-state index contributed by atoms with van der Waals surface area (Å²) in [6.07, 6.45) is 6.08. The summed E-state index contributed by atoms with van der Waals surface area (Å²) in [6.45, 7) is 6.00. The summed E-state index contributed by atoms with van der Waals surface area (Å²) in [6, 6.07) is 0. The molecule has 0 amide bonds. The van der Waals surface area contributed by atoms with Gasteiger partial charge in [0.05, 0.1) is 4.08 Å². The molecule has 10 heavy (non-hydrogen) atoms. The molecule has 0 spiro atoms. The normalized spacial score (nSPS) is 12.0. The van der Waals surface area contributed by atoms with Gasteiger partial charge in [-0.05, 0) is 13.3 Å². The Hall–Kier alpha value is 0.700. The van der Waals surface area contributed by atoms with Crippen LogP contribution in [0.3, 0.4) is 0 Å². The van der Waals surface area contributed by atoms with Crippen LogP contribution in [0.25, 0.3) is 0 Å². The molecule has 0 heterocycles. The van der Waals surface area contributed by atoms with E-state index in [1.54, 1.807) is 0 Å². The molecule has 61 valence electrons. The highest BCUT2D eigenvalue weighted by Crippen LogP contribution is 2.24. The van der Waals surface area contributed by atoms with Crippen LogP contribution in [0.15, 0.2) is 0 Å². The monoisotopic (exact) mass is 177 g/mol. The molecule has 0 unspecified atom stereocenters. The molecule has 0 aromatic carbocycles. The zero-order chi connectivity index (χ0) is 8.04. The largest absolute Gasteiger partial charge is 0.162 e. The Morgan fingerprint density at radius 2 is 1.80 bits per heavy atom. The van der Waals surface area contributed by atoms with Crippen molar-refractivity contribution in [3.8, 4) is 0 Å². The van der Waals surface area contributed by atoms with Crippen molar-refractivity contribution in [1.29, 1.82) is 0 Å². The average Bonchev–Trinajstić information content (AvgIpc) is 1.78. The van der Waals surface area contributed by atoms with Gasteiger partial charge in [-0.15, -0.1) is 0 Å². The van der Waals surface area contributed by atoms with E-state index < -0.39 is 0 Å². The molecule has 0 aromatic rings. The Kier molecular flexibility index (Phi) is 5.74. The molecule has 0 aliphatic heterocycles. The molecule has 2 heteroatoms. The van der Waals surface area contributed by atoms with Crippen molar-refractivity contribution >= 4 is 25.3 Å². The highest BCUT2D eigenvalue weighted by molar-refractivity contribution is 8.00. The van der Waals surface area contributed by atoms with Gasteiger partial charge in [0.2, 0.25) is 0 Å². The maximum absolute atomic E-state index is 4.21. The lowest BCUT2D eigenvalue weighted by Gasteiger charge is -2.14. The van der Waals surface area contributed by atoms with Crippen LogP contribution in [0, 0.1) is 6.92 Å². The van der Waals surface area contributed by atoms with Crippen LogP contribution in [0.2, 0.25) is 0 Å². The molecule has 0 fully saturated rings. The summed E-state index contributed by atoms with van der Waals surface area (Å²) in [5, 5.41) is 0. The summed E-state index contributed by atoms with van der Waals surface area (Å²) >= 11 is 8.42. The van der Waals surface area contributed by atoms with E-state index in [-0.39, 0.29) is 4.08 Å². The maximum atomic E-state index is 4.21. The molecule has 1 radical (unpaired) electrons. The molecule has 0 nitrogen and oxygen atoms in total. The first kappa shape index (κ1) is 10.7. The summed E-state index contributed by atoms with van der Waals surface area (Å²) in [5.41, 5.74) is 0. The third-order valence-electron chi connectivity index (χ3n) is 1.43. The lowest BCUT2D eigenvalue weighted by atomic mass is 10.1. The molecular weight excluding hydrogens is 160 g/mol. The minimum atomic E-state index is -0.312. The fourth-order valence-corrected chi connectivity index (χ4v) is 1.15. The van der Waals surface area contributed by atoms with Gasteiger partial charge in [0, 0.05) is 0 Å². The summed E-state index contributed by atoms with van der Waals surface area (Å²) < 4.78 is -0.312. The molecule has 0 aromatic heterocycles. The van der Waals surface area contributed by atoms with Gasteiger partial charge in [0.25, 0.3) is 0 Å². The van der Waals surface area contributed by atoms with Crippen LogP contribution in [0.1, 0.15) is 39.0 Å². The second-order valence-electron chi connectivity index (χ2n) is 2.79. The van der Waals surface area contributed by atoms with E-state index in [4.69, 9.17) is 0 Å². The number of hydrogen-bond donors (Lipinski definition) is 2. The van der Waals surface area contributed by atoms with Crippen molar-refractivity contribution in [3.05, 3.63) is 6.92 Å². The van der Waals surface area contributed by atoms with Crippen molar-refractivity contribution in [3.63, 3.8) is 0 Å². The number of rotatable bonds is 5. The minimum Gasteiger partial charge on any atom is -0.162 e. The van der Waals surface area contributed by atoms with Gasteiger partial charge in [0.15, 0.2) is 0 Å². The summed E-state index contributed by atoms with van der Waals surface area (Å²) in [5.74, 6) is 0. The highest BCUT2D eigenvalue weighted by Gasteiger charge is 2.10. The quantitative estimate of drug-likeness (QED) is 0.359. The Balaban J connectivity index is 3.04. The minimum absolute atomic E-state index is 0.312. The van der Waals surface area contributed by atoms with Gasteiger partial charge >= 0.3 is 0 Å². The predicted octanol–water partition coefficient (Wildman–Crippen LogP) is 3.35. The molecule has 0 atom stereocenters. The molecule has 0 aliphatic carbocycles. The smallest absolute Gasteiger partial charge is 0.0552 e. The Bertz CT molecular complexity index is 73.8. The van der Waals surface area contributed by atoms with Crippen LogP contribution in [-0.2, 0) is 0 Å². The Labute approximate surface area is 75.6 Å². The van der Waals surface area contributed by atoms with Gasteiger partial charge < -0.3 is 0 Å². The van der Waals surface area contributed by atoms with E-state index in [0.29, 0.717) is 0 Å². The van der Waals surface area contributed by atoms with E-state index in [2.05, 4.69) is 39.1 Å². The van der Waals surface area contributed by atoms with Crippen molar-refractivity contribution in [2.24, 2.45) is 0 Å². The third-order valence-corrected chi connectivity index (χ3v) is 1.88. The molecule has 0 N–H and O–H groups in total. The zero-order valence-corrected chi connectivity index (χ0v) is 8.43. The first-order chi connectivity index (χ1) is 4.56. The highest BCUT2D eigenvalue weighted by atomic mass is 32.2. The van der Waals surface area contributed by atoms with Gasteiger partial charge in [-0.1, -0.05) is 32.6 Å². The van der Waals surface area contributed by atoms with E-state index in [1.807, 2.05) is 0 Å². The summed E-state index contributed by atoms with van der Waals surface area (Å²) in [4.78, 5) is 0. The molecular formula is C8H17S2. The molecule has 0 aliphatic rings. The van der Waals surface area contributed by atoms with Crippen molar-refractivity contribution in [2.75, 3.05) is 0 Å². The van der Waals surface area contributed by atoms with Crippen LogP contribution in [0.5, 0.6) is 0 Å². The lowest BCUT2D eigenvalue weighted by Crippen LogP contribution is -2.05. The molecule has 0 rings (SSSR count). The first-order valence-electron chi connectivity index (χ1n) is 3.86. The van der Waals surface area contributed by atoms with Gasteiger partial charge in [0.1, 0.15) is 0 Å². The summed E-state index contributed by atoms with van der Waals surface area (Å²) in [7, 11) is 0. The third kappa shape index (κ3) is 8.70. The molecule has 0 bridgehead atoms. The van der Waals surface area contributed by atoms with E-state index in [0.717, 1.165) is 6.42 Å². The van der Waals surface area contributed by atoms with Crippen LogP contribution in [0.4, 0.5) is 0 Å². The van der Waals surface area contributed by atoms with Gasteiger partial charge in [-0.2, -0.15) is 25.3 Å². The standard InChI is InChI=1S/C8H17S2/c1-3-4-5-6-7-8(2,9)10/h9-10H,2-7H2,1H3. The molecule has 0 saturated heterocycles. The van der Waals surface area contributed by atoms with E-state index in [9.17, 15) is 0 Å². The number of thiol groups is 2. The van der Waals surface area contributed by atoms with Crippen molar-refractivity contribution in [1.82, 2.24) is 0 Å². The van der Waals surface area contributed by atoms with E-state index >= 15 is 0 Å². The fraction of sp³-hybridized carbons (Fsp3) is 0.875. The number of unbranched alkanes of at least 4 members (excludes halogenated alkanes) is 3. The Morgan fingerprint density at radius 1 is 1.20 bits per heavy atom.